The zero-order valence-corrected chi connectivity index (χ0v) is 20.3. The lowest BCUT2D eigenvalue weighted by molar-refractivity contribution is -1.92. The summed E-state index contributed by atoms with van der Waals surface area (Å²) in [5.74, 6) is -0.657. The quantitative estimate of drug-likeness (QED) is 0.315. The van der Waals surface area contributed by atoms with Crippen molar-refractivity contribution in [2.45, 2.75) is 67.5 Å². The largest absolute Gasteiger partial charge is 0.422 e. The van der Waals surface area contributed by atoms with E-state index in [0.29, 0.717) is 5.56 Å². The molecule has 182 valence electrons. The van der Waals surface area contributed by atoms with E-state index in [1.807, 2.05) is 13.8 Å². The minimum atomic E-state index is -4.69. The Morgan fingerprint density at radius 3 is 1.72 bits per heavy atom. The molecule has 0 aliphatic heterocycles. The molecule has 0 saturated carbocycles. The topological polar surface area (TPSA) is 171 Å². The zero-order chi connectivity index (χ0) is 25.5. The Morgan fingerprint density at radius 1 is 0.969 bits per heavy atom. The lowest BCUT2D eigenvalue weighted by atomic mass is 9.97. The SMILES string of the molecule is CC(C)NC(C=O)c1ccc(OC(=O)C(C)(C)C)c(OC(=O)C(C)(C)C)c1.[O-][Cl+3]([O-])([O-])O. The Hall–Kier alpha value is -2.08. The van der Waals surface area contributed by atoms with E-state index in [0.717, 1.165) is 6.29 Å². The van der Waals surface area contributed by atoms with Crippen LogP contribution in [0.4, 0.5) is 0 Å². The van der Waals surface area contributed by atoms with E-state index >= 15 is 0 Å². The zero-order valence-electron chi connectivity index (χ0n) is 19.6. The molecule has 0 aliphatic rings. The van der Waals surface area contributed by atoms with E-state index in [1.54, 1.807) is 59.7 Å². The second-order valence-corrected chi connectivity index (χ2v) is 10.1. The highest BCUT2D eigenvalue weighted by molar-refractivity contribution is 5.81. The first-order valence-corrected chi connectivity index (χ1v) is 10.9. The molecule has 0 radical (unpaired) electrons. The van der Waals surface area contributed by atoms with Crippen LogP contribution in [0.25, 0.3) is 0 Å². The van der Waals surface area contributed by atoms with Gasteiger partial charge in [0.15, 0.2) is 11.5 Å². The highest BCUT2D eigenvalue weighted by atomic mass is 35.7. The number of hydrogen-bond acceptors (Lipinski definition) is 10. The second kappa shape index (κ2) is 11.7. The number of esters is 2. The van der Waals surface area contributed by atoms with Gasteiger partial charge in [-0.15, -0.1) is 0 Å². The molecule has 1 atom stereocenters. The molecule has 0 aromatic heterocycles. The van der Waals surface area contributed by atoms with Crippen LogP contribution in [-0.2, 0) is 14.4 Å². The molecule has 1 aromatic carbocycles. The monoisotopic (exact) mass is 477 g/mol. The van der Waals surface area contributed by atoms with Crippen molar-refractivity contribution in [2.24, 2.45) is 10.8 Å². The van der Waals surface area contributed by atoms with Crippen molar-refractivity contribution in [2.75, 3.05) is 0 Å². The number of ether oxygens (including phenoxy) is 2. The van der Waals surface area contributed by atoms with Crippen molar-refractivity contribution < 1.29 is 52.7 Å². The molecule has 0 fully saturated rings. The average Bonchev–Trinajstić information content (AvgIpc) is 2.57. The fourth-order valence-electron chi connectivity index (χ4n) is 1.96. The molecule has 11 heteroatoms. The number of rotatable bonds is 6. The molecular weight excluding hydrogens is 446 g/mol. The van der Waals surface area contributed by atoms with Gasteiger partial charge in [0.25, 0.3) is 0 Å². The molecule has 0 heterocycles. The maximum absolute atomic E-state index is 12.3. The Bertz CT molecular complexity index is 784. The number of carbonyl (C=O) groups is 3. The third kappa shape index (κ3) is 12.1. The summed E-state index contributed by atoms with van der Waals surface area (Å²) in [7, 11) is -4.69. The average molecular weight is 478 g/mol. The van der Waals surface area contributed by atoms with Gasteiger partial charge in [0, 0.05) is 6.04 Å². The number of nitrogens with one attached hydrogen (secondary N) is 1. The lowest BCUT2D eigenvalue weighted by Crippen LogP contribution is -2.58. The number of hydrogen-bond donors (Lipinski definition) is 2. The Labute approximate surface area is 190 Å². The van der Waals surface area contributed by atoms with Gasteiger partial charge in [0.05, 0.1) is 31.8 Å². The molecule has 0 aliphatic carbocycles. The Kier molecular flexibility index (Phi) is 10.9. The maximum atomic E-state index is 12.3. The Balaban J connectivity index is 0.00000172. The van der Waals surface area contributed by atoms with Gasteiger partial charge in [-0.2, -0.15) is 14.0 Å². The van der Waals surface area contributed by atoms with E-state index in [2.05, 4.69) is 5.32 Å². The molecule has 2 N–H and O–H groups in total. The third-order valence-electron chi connectivity index (χ3n) is 3.61. The van der Waals surface area contributed by atoms with E-state index in [-0.39, 0.29) is 17.5 Å². The number of carbonyl (C=O) groups excluding carboxylic acids is 3. The fourth-order valence-corrected chi connectivity index (χ4v) is 1.96. The summed E-state index contributed by atoms with van der Waals surface area (Å²) in [5.41, 5.74) is -0.832. The van der Waals surface area contributed by atoms with Gasteiger partial charge >= 0.3 is 11.9 Å². The summed E-state index contributed by atoms with van der Waals surface area (Å²) in [6.45, 7) is 14.3. The van der Waals surface area contributed by atoms with Gasteiger partial charge in [-0.1, -0.05) is 6.07 Å². The summed E-state index contributed by atoms with van der Waals surface area (Å²) >= 11 is 0. The molecule has 0 saturated heterocycles. The maximum Gasteiger partial charge on any atom is 0.316 e. The number of halogens is 1. The van der Waals surface area contributed by atoms with Crippen molar-refractivity contribution in [1.29, 1.82) is 0 Å². The lowest BCUT2D eigenvalue weighted by Gasteiger charge is -2.22. The summed E-state index contributed by atoms with van der Waals surface area (Å²) in [5, 5.41) is 3.12. The first-order chi connectivity index (χ1) is 14.3. The van der Waals surface area contributed by atoms with E-state index < -0.39 is 39.1 Å². The molecule has 32 heavy (non-hydrogen) atoms. The van der Waals surface area contributed by atoms with Gasteiger partial charge in [-0.3, -0.25) is 9.59 Å². The van der Waals surface area contributed by atoms with E-state index in [1.165, 1.54) is 0 Å². The molecule has 0 spiro atoms. The van der Waals surface area contributed by atoms with Crippen molar-refractivity contribution in [3.05, 3.63) is 23.8 Å². The van der Waals surface area contributed by atoms with Crippen LogP contribution >= 0.6 is 0 Å². The molecule has 1 rings (SSSR count). The summed E-state index contributed by atoms with van der Waals surface area (Å²) in [6.07, 6.45) is 0.783. The van der Waals surface area contributed by atoms with Gasteiger partial charge in [-0.25, -0.2) is 0 Å². The second-order valence-electron chi connectivity index (χ2n) is 9.32. The van der Waals surface area contributed by atoms with E-state index in [9.17, 15) is 14.4 Å². The van der Waals surface area contributed by atoms with Crippen molar-refractivity contribution in [3.8, 4) is 11.5 Å². The predicted octanol–water partition coefficient (Wildman–Crippen LogP) is -0.296. The highest BCUT2D eigenvalue weighted by Crippen LogP contribution is 2.34. The summed E-state index contributed by atoms with van der Waals surface area (Å²) in [4.78, 5) is 36.1. The molecule has 1 unspecified atom stereocenters. The third-order valence-corrected chi connectivity index (χ3v) is 3.61. The van der Waals surface area contributed by atoms with Gasteiger partial charge in [-0.05, 0) is 73.1 Å². The number of aldehydes is 1. The molecular formula is C21H32ClNO9. The van der Waals surface area contributed by atoms with E-state index in [4.69, 9.17) is 28.1 Å². The van der Waals surface area contributed by atoms with Gasteiger partial charge < -0.3 is 19.6 Å². The van der Waals surface area contributed by atoms with Crippen LogP contribution in [0.5, 0.6) is 11.5 Å². The van der Waals surface area contributed by atoms with Crippen LogP contribution in [0.1, 0.15) is 67.0 Å². The van der Waals surface area contributed by atoms with Crippen LogP contribution in [0.2, 0.25) is 0 Å². The van der Waals surface area contributed by atoms with Crippen molar-refractivity contribution >= 4 is 18.2 Å². The Morgan fingerprint density at radius 2 is 1.38 bits per heavy atom. The van der Waals surface area contributed by atoms with Crippen molar-refractivity contribution in [3.63, 3.8) is 0 Å². The predicted molar refractivity (Wildman–Crippen MR) is 106 cm³/mol. The van der Waals surface area contributed by atoms with Crippen LogP contribution in [0, 0.1) is 21.1 Å². The van der Waals surface area contributed by atoms with Crippen LogP contribution in [0.15, 0.2) is 18.2 Å². The van der Waals surface area contributed by atoms with Crippen LogP contribution in [0.3, 0.4) is 0 Å². The summed E-state index contributed by atoms with van der Waals surface area (Å²) in [6, 6.07) is 4.30. The van der Waals surface area contributed by atoms with Crippen LogP contribution in [-0.4, -0.2) is 28.9 Å². The van der Waals surface area contributed by atoms with Crippen molar-refractivity contribution in [1.82, 2.24) is 5.32 Å². The highest BCUT2D eigenvalue weighted by Gasteiger charge is 2.28. The molecule has 0 amide bonds. The minimum Gasteiger partial charge on any atom is -0.422 e. The smallest absolute Gasteiger partial charge is 0.316 e. The molecule has 0 bridgehead atoms. The fraction of sp³-hybridized carbons (Fsp3) is 0.571. The standard InChI is InChI=1S/C21H31NO5.ClHO4/c1-13(2)22-15(12-23)14-9-10-16(26-18(24)20(3,4)5)17(11-14)27-19(25)21(6,7)8;2-1(3,4)5/h9-13,15,22H,1-8H3;(H,2,3,4,5). The first-order valence-electron chi connectivity index (χ1n) is 9.68. The van der Waals surface area contributed by atoms with Gasteiger partial charge in [0.1, 0.15) is 6.29 Å². The van der Waals surface area contributed by atoms with Gasteiger partial charge in [0.2, 0.25) is 0 Å². The normalized spacial score (nSPS) is 13.0. The summed E-state index contributed by atoms with van der Waals surface area (Å²) < 4.78 is 43.7. The minimum absolute atomic E-state index is 0.0826. The molecule has 1 aromatic rings. The first kappa shape index (κ1) is 29.9. The number of benzene rings is 1. The molecule has 10 nitrogen and oxygen atoms in total. The van der Waals surface area contributed by atoms with Crippen LogP contribution < -0.4 is 28.8 Å².